The maximum atomic E-state index is 12.7. The molecular formula is C19H25N7O. The molecule has 0 aromatic carbocycles. The number of amides is 1. The molecule has 0 radical (unpaired) electrons. The Labute approximate surface area is 158 Å². The van der Waals surface area contributed by atoms with Crippen LogP contribution in [0.1, 0.15) is 48.0 Å². The number of aromatic nitrogens is 6. The number of carbonyl (C=O) groups excluding carboxylic acids is 1. The second-order valence-electron chi connectivity index (χ2n) is 7.28. The first-order valence-corrected chi connectivity index (χ1v) is 9.45. The molecule has 1 amide bonds. The molecule has 0 N–H and O–H groups in total. The summed E-state index contributed by atoms with van der Waals surface area (Å²) in [6.07, 6.45) is 8.46. The number of hydrogen-bond acceptors (Lipinski definition) is 5. The van der Waals surface area contributed by atoms with Gasteiger partial charge in [0.1, 0.15) is 12.2 Å². The van der Waals surface area contributed by atoms with E-state index in [1.54, 1.807) is 4.52 Å². The van der Waals surface area contributed by atoms with Crippen LogP contribution in [0.3, 0.4) is 0 Å². The standard InChI is InChI=1S/C19H25N7O/c1-13-16(14(2)26-19(23-13)21-12-22-26)4-5-17(27)25-9-6-15(7-10-25)18-20-8-11-24(18)3/h8,11-12,15H,4-7,9-10H2,1-3H3. The van der Waals surface area contributed by atoms with E-state index in [2.05, 4.69) is 24.6 Å². The predicted octanol–water partition coefficient (Wildman–Crippen LogP) is 1.81. The second-order valence-corrected chi connectivity index (χ2v) is 7.28. The van der Waals surface area contributed by atoms with Crippen molar-refractivity contribution in [1.82, 2.24) is 34.0 Å². The molecule has 8 nitrogen and oxygen atoms in total. The van der Waals surface area contributed by atoms with E-state index in [-0.39, 0.29) is 5.91 Å². The lowest BCUT2D eigenvalue weighted by molar-refractivity contribution is -0.132. The molecule has 1 aliphatic rings. The van der Waals surface area contributed by atoms with Gasteiger partial charge in [0.25, 0.3) is 5.78 Å². The second kappa shape index (κ2) is 7.09. The van der Waals surface area contributed by atoms with Gasteiger partial charge in [-0.25, -0.2) is 14.5 Å². The van der Waals surface area contributed by atoms with Crippen LogP contribution in [0.15, 0.2) is 18.7 Å². The Hall–Kier alpha value is -2.77. The number of hydrogen-bond donors (Lipinski definition) is 0. The van der Waals surface area contributed by atoms with Crippen LogP contribution in [-0.4, -0.2) is 53.0 Å². The van der Waals surface area contributed by atoms with Crippen molar-refractivity contribution < 1.29 is 4.79 Å². The van der Waals surface area contributed by atoms with Gasteiger partial charge in [0, 0.05) is 56.3 Å². The SMILES string of the molecule is Cc1nc2ncnn2c(C)c1CCC(=O)N1CCC(c2nccn2C)CC1. The topological polar surface area (TPSA) is 81.2 Å². The monoisotopic (exact) mass is 367 g/mol. The van der Waals surface area contributed by atoms with Crippen molar-refractivity contribution in [3.05, 3.63) is 41.5 Å². The fourth-order valence-corrected chi connectivity index (χ4v) is 4.06. The van der Waals surface area contributed by atoms with Crippen LogP contribution < -0.4 is 0 Å². The molecule has 142 valence electrons. The van der Waals surface area contributed by atoms with Crippen molar-refractivity contribution in [1.29, 1.82) is 0 Å². The van der Waals surface area contributed by atoms with Gasteiger partial charge in [0.15, 0.2) is 0 Å². The molecule has 0 atom stereocenters. The Morgan fingerprint density at radius 2 is 2.00 bits per heavy atom. The lowest BCUT2D eigenvalue weighted by atomic mass is 9.95. The molecule has 1 aliphatic heterocycles. The first-order valence-electron chi connectivity index (χ1n) is 9.45. The van der Waals surface area contributed by atoms with Gasteiger partial charge in [-0.3, -0.25) is 4.79 Å². The summed E-state index contributed by atoms with van der Waals surface area (Å²) in [4.78, 5) is 27.8. The minimum absolute atomic E-state index is 0.214. The first-order chi connectivity index (χ1) is 13.0. The molecule has 4 rings (SSSR count). The van der Waals surface area contributed by atoms with E-state index >= 15 is 0 Å². The molecule has 0 unspecified atom stereocenters. The molecule has 3 aromatic heterocycles. The third kappa shape index (κ3) is 3.31. The van der Waals surface area contributed by atoms with Gasteiger partial charge >= 0.3 is 0 Å². The van der Waals surface area contributed by atoms with Crippen LogP contribution in [0.5, 0.6) is 0 Å². The molecule has 8 heteroatoms. The zero-order valence-corrected chi connectivity index (χ0v) is 16.1. The molecule has 27 heavy (non-hydrogen) atoms. The molecule has 3 aromatic rings. The van der Waals surface area contributed by atoms with E-state index in [4.69, 9.17) is 0 Å². The van der Waals surface area contributed by atoms with E-state index in [1.165, 1.54) is 6.33 Å². The number of fused-ring (bicyclic) bond motifs is 1. The van der Waals surface area contributed by atoms with Crippen LogP contribution in [0.2, 0.25) is 0 Å². The molecule has 1 fully saturated rings. The summed E-state index contributed by atoms with van der Waals surface area (Å²) < 4.78 is 3.83. The van der Waals surface area contributed by atoms with E-state index < -0.39 is 0 Å². The Bertz CT molecular complexity index is 966. The van der Waals surface area contributed by atoms with Crippen LogP contribution in [0, 0.1) is 13.8 Å². The number of carbonyl (C=O) groups is 1. The van der Waals surface area contributed by atoms with Crippen molar-refractivity contribution in [3.63, 3.8) is 0 Å². The number of imidazole rings is 1. The minimum Gasteiger partial charge on any atom is -0.343 e. The van der Waals surface area contributed by atoms with Crippen molar-refractivity contribution in [2.75, 3.05) is 13.1 Å². The van der Waals surface area contributed by atoms with E-state index in [0.29, 0.717) is 24.5 Å². The van der Waals surface area contributed by atoms with Crippen LogP contribution in [0.25, 0.3) is 5.78 Å². The first kappa shape index (κ1) is 17.6. The highest BCUT2D eigenvalue weighted by Crippen LogP contribution is 2.27. The summed E-state index contributed by atoms with van der Waals surface area (Å²) in [5.41, 5.74) is 3.02. The lowest BCUT2D eigenvalue weighted by Crippen LogP contribution is -2.38. The maximum absolute atomic E-state index is 12.7. The van der Waals surface area contributed by atoms with Gasteiger partial charge < -0.3 is 9.47 Å². The Morgan fingerprint density at radius 1 is 1.22 bits per heavy atom. The van der Waals surface area contributed by atoms with Crippen molar-refractivity contribution in [2.45, 2.75) is 45.4 Å². The summed E-state index contributed by atoms with van der Waals surface area (Å²) in [6.45, 7) is 5.58. The normalized spacial score (nSPS) is 15.6. The smallest absolute Gasteiger partial charge is 0.252 e. The average molecular weight is 367 g/mol. The Morgan fingerprint density at radius 3 is 2.70 bits per heavy atom. The maximum Gasteiger partial charge on any atom is 0.252 e. The van der Waals surface area contributed by atoms with Crippen molar-refractivity contribution in [3.8, 4) is 0 Å². The van der Waals surface area contributed by atoms with Crippen LogP contribution >= 0.6 is 0 Å². The van der Waals surface area contributed by atoms with Crippen LogP contribution in [-0.2, 0) is 18.3 Å². The highest BCUT2D eigenvalue weighted by molar-refractivity contribution is 5.76. The number of piperidine rings is 1. The number of nitrogens with zero attached hydrogens (tertiary/aromatic N) is 7. The van der Waals surface area contributed by atoms with Gasteiger partial charge in [0.05, 0.1) is 0 Å². The zero-order chi connectivity index (χ0) is 19.0. The number of aryl methyl sites for hydroxylation is 3. The largest absolute Gasteiger partial charge is 0.343 e. The molecule has 0 saturated carbocycles. The number of likely N-dealkylation sites (tertiary alicyclic amines) is 1. The predicted molar refractivity (Wildman–Crippen MR) is 100 cm³/mol. The quantitative estimate of drug-likeness (QED) is 0.702. The molecule has 4 heterocycles. The fraction of sp³-hybridized carbons (Fsp3) is 0.526. The zero-order valence-electron chi connectivity index (χ0n) is 16.1. The van der Waals surface area contributed by atoms with E-state index in [9.17, 15) is 4.79 Å². The highest BCUT2D eigenvalue weighted by atomic mass is 16.2. The summed E-state index contributed by atoms with van der Waals surface area (Å²) in [5.74, 6) is 2.39. The van der Waals surface area contributed by atoms with Gasteiger partial charge in [0.2, 0.25) is 5.91 Å². The molecule has 0 spiro atoms. The summed E-state index contributed by atoms with van der Waals surface area (Å²) in [5, 5.41) is 4.22. The van der Waals surface area contributed by atoms with Gasteiger partial charge in [-0.2, -0.15) is 10.1 Å². The summed E-state index contributed by atoms with van der Waals surface area (Å²) in [6, 6.07) is 0. The van der Waals surface area contributed by atoms with Gasteiger partial charge in [-0.15, -0.1) is 0 Å². The molecule has 0 aliphatic carbocycles. The molecular weight excluding hydrogens is 342 g/mol. The summed E-state index contributed by atoms with van der Waals surface area (Å²) in [7, 11) is 2.03. The van der Waals surface area contributed by atoms with Gasteiger partial charge in [-0.05, 0) is 38.7 Å². The third-order valence-electron chi connectivity index (χ3n) is 5.65. The summed E-state index contributed by atoms with van der Waals surface area (Å²) >= 11 is 0. The van der Waals surface area contributed by atoms with Crippen LogP contribution in [0.4, 0.5) is 0 Å². The average Bonchev–Trinajstić information content (AvgIpc) is 3.30. The lowest BCUT2D eigenvalue weighted by Gasteiger charge is -2.32. The highest BCUT2D eigenvalue weighted by Gasteiger charge is 2.26. The molecule has 1 saturated heterocycles. The van der Waals surface area contributed by atoms with E-state index in [1.807, 2.05) is 38.2 Å². The third-order valence-corrected chi connectivity index (χ3v) is 5.65. The number of rotatable bonds is 4. The Balaban J connectivity index is 1.37. The molecule has 0 bridgehead atoms. The van der Waals surface area contributed by atoms with Crippen molar-refractivity contribution in [2.24, 2.45) is 7.05 Å². The minimum atomic E-state index is 0.214. The fourth-order valence-electron chi connectivity index (χ4n) is 4.06. The van der Waals surface area contributed by atoms with Crippen molar-refractivity contribution >= 4 is 11.7 Å². The van der Waals surface area contributed by atoms with E-state index in [0.717, 1.165) is 48.7 Å². The van der Waals surface area contributed by atoms with Gasteiger partial charge in [-0.1, -0.05) is 0 Å². The Kier molecular flexibility index (Phi) is 4.63.